The molecular weight excluding hydrogens is 328 g/mol. The number of halogens is 1. The molecule has 2 nitrogen and oxygen atoms in total. The lowest BCUT2D eigenvalue weighted by Gasteiger charge is -2.27. The molecule has 0 saturated carbocycles. The lowest BCUT2D eigenvalue weighted by Crippen LogP contribution is -2.30. The Hall–Kier alpha value is -2.32. The molecule has 1 aromatic heterocycles. The third-order valence-electron chi connectivity index (χ3n) is 4.73. The maximum absolute atomic E-state index is 4.56. The maximum atomic E-state index is 4.56. The number of aromatic nitrogens is 1. The zero-order valence-corrected chi connectivity index (χ0v) is 15.1. The first-order valence-electron chi connectivity index (χ1n) is 8.77. The van der Waals surface area contributed by atoms with E-state index in [-0.39, 0.29) is 12.4 Å². The van der Waals surface area contributed by atoms with Gasteiger partial charge in [-0.3, -0.25) is 0 Å². The summed E-state index contributed by atoms with van der Waals surface area (Å²) in [4.78, 5) is 6.96. The van der Waals surface area contributed by atoms with Crippen molar-refractivity contribution in [2.45, 2.75) is 19.3 Å². The summed E-state index contributed by atoms with van der Waals surface area (Å²) in [5.41, 5.74) is 2.46. The van der Waals surface area contributed by atoms with E-state index in [2.05, 4.69) is 76.6 Å². The van der Waals surface area contributed by atoms with Crippen LogP contribution in [0.15, 0.2) is 60.8 Å². The second-order valence-corrected chi connectivity index (χ2v) is 6.40. The van der Waals surface area contributed by atoms with E-state index in [0.29, 0.717) is 0 Å². The fourth-order valence-electron chi connectivity index (χ4n) is 3.42. The molecule has 0 atom stereocenters. The lowest BCUT2D eigenvalue weighted by atomic mass is 10.0. The Labute approximate surface area is 155 Å². The van der Waals surface area contributed by atoms with Crippen LogP contribution in [-0.2, 0) is 0 Å². The smallest absolute Gasteiger partial charge is 0.129 e. The van der Waals surface area contributed by atoms with Crippen molar-refractivity contribution in [3.05, 3.63) is 71.9 Å². The monoisotopic (exact) mass is 350 g/mol. The Kier molecular flexibility index (Phi) is 5.72. The van der Waals surface area contributed by atoms with Crippen LogP contribution in [-0.4, -0.2) is 18.1 Å². The molecule has 0 spiro atoms. The number of hydrogen-bond acceptors (Lipinski definition) is 2. The van der Waals surface area contributed by atoms with Crippen molar-refractivity contribution < 1.29 is 0 Å². The van der Waals surface area contributed by atoms with Crippen LogP contribution < -0.4 is 4.90 Å². The highest BCUT2D eigenvalue weighted by Gasteiger charge is 2.11. The van der Waals surface area contributed by atoms with E-state index in [4.69, 9.17) is 0 Å². The molecule has 0 radical (unpaired) electrons. The van der Waals surface area contributed by atoms with Crippen molar-refractivity contribution in [1.82, 2.24) is 4.98 Å². The molecule has 1 saturated heterocycles. The lowest BCUT2D eigenvalue weighted by molar-refractivity contribution is 0.573. The van der Waals surface area contributed by atoms with Gasteiger partial charge < -0.3 is 4.90 Å². The van der Waals surface area contributed by atoms with Crippen molar-refractivity contribution in [1.29, 1.82) is 0 Å². The van der Waals surface area contributed by atoms with Gasteiger partial charge in [-0.05, 0) is 53.3 Å². The number of hydrogen-bond donors (Lipinski definition) is 0. The molecule has 0 aliphatic carbocycles. The largest absolute Gasteiger partial charge is 0.357 e. The molecule has 0 amide bonds. The minimum atomic E-state index is 0. The molecule has 3 heteroatoms. The predicted molar refractivity (Wildman–Crippen MR) is 110 cm³/mol. The van der Waals surface area contributed by atoms with E-state index in [1.165, 1.54) is 41.2 Å². The number of benzene rings is 2. The highest BCUT2D eigenvalue weighted by Crippen LogP contribution is 2.22. The second kappa shape index (κ2) is 8.17. The first-order chi connectivity index (χ1) is 11.9. The van der Waals surface area contributed by atoms with Crippen molar-refractivity contribution in [2.24, 2.45) is 0 Å². The quantitative estimate of drug-likeness (QED) is 0.591. The molecule has 128 valence electrons. The SMILES string of the molecule is C(=C\c1cccc2ccccc12)/c1ccnc(N2CCCCC2)c1.Cl. The van der Waals surface area contributed by atoms with Crippen LogP contribution in [0.1, 0.15) is 30.4 Å². The van der Waals surface area contributed by atoms with E-state index in [0.717, 1.165) is 18.9 Å². The number of pyridine rings is 1. The minimum Gasteiger partial charge on any atom is -0.357 e. The molecule has 25 heavy (non-hydrogen) atoms. The molecule has 0 N–H and O–H groups in total. The van der Waals surface area contributed by atoms with Crippen LogP contribution in [0.4, 0.5) is 5.82 Å². The van der Waals surface area contributed by atoms with Crippen molar-refractivity contribution in [3.8, 4) is 0 Å². The highest BCUT2D eigenvalue weighted by molar-refractivity contribution is 5.92. The number of anilines is 1. The van der Waals surface area contributed by atoms with Crippen molar-refractivity contribution >= 4 is 41.1 Å². The van der Waals surface area contributed by atoms with E-state index in [9.17, 15) is 0 Å². The fraction of sp³-hybridized carbons (Fsp3) is 0.227. The number of piperidine rings is 1. The van der Waals surface area contributed by atoms with Gasteiger partial charge in [0.2, 0.25) is 0 Å². The fourth-order valence-corrected chi connectivity index (χ4v) is 3.42. The van der Waals surface area contributed by atoms with Crippen LogP contribution in [0.3, 0.4) is 0 Å². The van der Waals surface area contributed by atoms with Gasteiger partial charge in [0.05, 0.1) is 0 Å². The van der Waals surface area contributed by atoms with E-state index >= 15 is 0 Å². The van der Waals surface area contributed by atoms with E-state index < -0.39 is 0 Å². The molecular formula is C22H23ClN2. The van der Waals surface area contributed by atoms with Crippen LogP contribution in [0.2, 0.25) is 0 Å². The van der Waals surface area contributed by atoms with Crippen LogP contribution in [0.5, 0.6) is 0 Å². The number of nitrogens with zero attached hydrogens (tertiary/aromatic N) is 2. The summed E-state index contributed by atoms with van der Waals surface area (Å²) in [5.74, 6) is 1.11. The van der Waals surface area contributed by atoms with Gasteiger partial charge in [-0.2, -0.15) is 0 Å². The van der Waals surface area contributed by atoms with Gasteiger partial charge in [-0.15, -0.1) is 12.4 Å². The summed E-state index contributed by atoms with van der Waals surface area (Å²) < 4.78 is 0. The molecule has 3 aromatic rings. The average molecular weight is 351 g/mol. The molecule has 1 aliphatic heterocycles. The van der Waals surface area contributed by atoms with E-state index in [1.807, 2.05) is 6.20 Å². The average Bonchev–Trinajstić information content (AvgIpc) is 2.67. The van der Waals surface area contributed by atoms with Gasteiger partial charge in [-0.25, -0.2) is 4.98 Å². The van der Waals surface area contributed by atoms with E-state index in [1.54, 1.807) is 0 Å². The molecule has 0 unspecified atom stereocenters. The summed E-state index contributed by atoms with van der Waals surface area (Å²) >= 11 is 0. The molecule has 1 fully saturated rings. The van der Waals surface area contributed by atoms with Gasteiger partial charge in [0, 0.05) is 19.3 Å². The van der Waals surface area contributed by atoms with Gasteiger partial charge in [-0.1, -0.05) is 54.6 Å². The van der Waals surface area contributed by atoms with Gasteiger partial charge in [0.25, 0.3) is 0 Å². The van der Waals surface area contributed by atoms with Gasteiger partial charge in [0.15, 0.2) is 0 Å². The molecule has 0 bridgehead atoms. The second-order valence-electron chi connectivity index (χ2n) is 6.40. The standard InChI is InChI=1S/C22H22N2.ClH/c1-4-15-24(16-5-1)22-17-18(13-14-23-22)11-12-20-9-6-8-19-7-2-3-10-21(19)20;/h2-3,6-14,17H,1,4-5,15-16H2;1H/b12-11+;. The predicted octanol–water partition coefficient (Wildman–Crippen LogP) is 5.82. The number of rotatable bonds is 3. The zero-order valence-electron chi connectivity index (χ0n) is 14.3. The Balaban J connectivity index is 0.00000182. The van der Waals surface area contributed by atoms with Crippen molar-refractivity contribution in [3.63, 3.8) is 0 Å². The third kappa shape index (κ3) is 4.02. The topological polar surface area (TPSA) is 16.1 Å². The molecule has 4 rings (SSSR count). The molecule has 2 heterocycles. The minimum absolute atomic E-state index is 0. The van der Waals surface area contributed by atoms with Gasteiger partial charge >= 0.3 is 0 Å². The molecule has 1 aliphatic rings. The Morgan fingerprint density at radius 2 is 1.64 bits per heavy atom. The number of fused-ring (bicyclic) bond motifs is 1. The summed E-state index contributed by atoms with van der Waals surface area (Å²) in [6.45, 7) is 2.26. The Morgan fingerprint density at radius 3 is 2.52 bits per heavy atom. The van der Waals surface area contributed by atoms with Gasteiger partial charge in [0.1, 0.15) is 5.82 Å². The Morgan fingerprint density at radius 1 is 0.840 bits per heavy atom. The summed E-state index contributed by atoms with van der Waals surface area (Å²) in [6.07, 6.45) is 10.2. The first kappa shape index (κ1) is 17.5. The molecule has 2 aromatic carbocycles. The summed E-state index contributed by atoms with van der Waals surface area (Å²) in [7, 11) is 0. The maximum Gasteiger partial charge on any atom is 0.129 e. The van der Waals surface area contributed by atoms with Crippen molar-refractivity contribution in [2.75, 3.05) is 18.0 Å². The van der Waals surface area contributed by atoms with Crippen LogP contribution >= 0.6 is 12.4 Å². The normalized spacial score (nSPS) is 14.6. The highest BCUT2D eigenvalue weighted by atomic mass is 35.5. The third-order valence-corrected chi connectivity index (χ3v) is 4.73. The van der Waals surface area contributed by atoms with Crippen LogP contribution in [0, 0.1) is 0 Å². The van der Waals surface area contributed by atoms with Crippen LogP contribution in [0.25, 0.3) is 22.9 Å². The first-order valence-corrected chi connectivity index (χ1v) is 8.77. The summed E-state index contributed by atoms with van der Waals surface area (Å²) in [5, 5.41) is 2.57. The zero-order chi connectivity index (χ0) is 16.2. The summed E-state index contributed by atoms with van der Waals surface area (Å²) in [6, 6.07) is 19.3. The Bertz CT molecular complexity index is 861.